The summed E-state index contributed by atoms with van der Waals surface area (Å²) in [5.41, 5.74) is 0.556. The molecule has 80 valence electrons. The highest BCUT2D eigenvalue weighted by Gasteiger charge is 2.19. The van der Waals surface area contributed by atoms with Crippen LogP contribution in [0.2, 0.25) is 0 Å². The summed E-state index contributed by atoms with van der Waals surface area (Å²) in [4.78, 5) is 23.2. The van der Waals surface area contributed by atoms with E-state index in [0.717, 1.165) is 0 Å². The van der Waals surface area contributed by atoms with Gasteiger partial charge in [-0.15, -0.1) is 0 Å². The van der Waals surface area contributed by atoms with E-state index >= 15 is 0 Å². The largest absolute Gasteiger partial charge is 0.289 e. The van der Waals surface area contributed by atoms with E-state index in [9.17, 15) is 9.59 Å². The minimum Gasteiger partial charge on any atom is -0.289 e. The molecule has 0 spiro atoms. The van der Waals surface area contributed by atoms with Crippen molar-refractivity contribution in [2.75, 3.05) is 0 Å². The maximum atomic E-state index is 11.6. The minimum atomic E-state index is -0.247. The van der Waals surface area contributed by atoms with E-state index in [1.807, 2.05) is 0 Å². The van der Waals surface area contributed by atoms with Crippen LogP contribution < -0.4 is 0 Å². The highest BCUT2D eigenvalue weighted by Crippen LogP contribution is 2.24. The van der Waals surface area contributed by atoms with E-state index in [1.165, 1.54) is 36.5 Å². The summed E-state index contributed by atoms with van der Waals surface area (Å²) in [6.07, 6.45) is 8.58. The lowest BCUT2D eigenvalue weighted by Crippen LogP contribution is -2.10. The Hall–Kier alpha value is -1.38. The molecule has 2 rings (SSSR count). The van der Waals surface area contributed by atoms with Gasteiger partial charge in [0, 0.05) is 21.2 Å². The van der Waals surface area contributed by atoms with E-state index < -0.39 is 0 Å². The Morgan fingerprint density at radius 2 is 1.06 bits per heavy atom. The first-order chi connectivity index (χ1) is 7.58. The van der Waals surface area contributed by atoms with Crippen LogP contribution in [0.1, 0.15) is 0 Å². The average molecular weight is 253 g/mol. The smallest absolute Gasteiger partial charge is 0.186 e. The Balaban J connectivity index is 2.57. The molecule has 0 heterocycles. The van der Waals surface area contributed by atoms with E-state index in [2.05, 4.69) is 0 Å². The fraction of sp³-hybridized carbons (Fsp3) is 0. The molecule has 16 heavy (non-hydrogen) atoms. The molecule has 0 atom stereocenters. The van der Waals surface area contributed by atoms with Crippen LogP contribution >= 0.6 is 23.2 Å². The quantitative estimate of drug-likeness (QED) is 0.622. The SMILES string of the molecule is O=C1C=CC(Cl)=C/C1=C1\C=C(Cl)C=CC1=O. The van der Waals surface area contributed by atoms with Crippen LogP contribution in [0.3, 0.4) is 0 Å². The molecular weight excluding hydrogens is 247 g/mol. The molecule has 0 N–H and O–H groups in total. The fourth-order valence-corrected chi connectivity index (χ4v) is 1.77. The number of halogens is 2. The van der Waals surface area contributed by atoms with Crippen LogP contribution in [0.5, 0.6) is 0 Å². The molecule has 2 aliphatic rings. The third kappa shape index (κ3) is 2.08. The number of ketones is 2. The number of allylic oxidation sites excluding steroid dienone is 10. The molecule has 0 fully saturated rings. The van der Waals surface area contributed by atoms with Crippen molar-refractivity contribution in [2.45, 2.75) is 0 Å². The number of carbonyl (C=O) groups excluding carboxylic acids is 2. The molecule has 2 aliphatic carbocycles. The Bertz CT molecular complexity index is 483. The number of hydrogen-bond acceptors (Lipinski definition) is 2. The van der Waals surface area contributed by atoms with Gasteiger partial charge < -0.3 is 0 Å². The van der Waals surface area contributed by atoms with Gasteiger partial charge in [0.25, 0.3) is 0 Å². The maximum Gasteiger partial charge on any atom is 0.186 e. The molecule has 2 nitrogen and oxygen atoms in total. The first-order valence-corrected chi connectivity index (χ1v) is 5.27. The first kappa shape index (κ1) is 11.1. The van der Waals surface area contributed by atoms with Crippen molar-refractivity contribution in [1.29, 1.82) is 0 Å². The van der Waals surface area contributed by atoms with Crippen molar-refractivity contribution in [1.82, 2.24) is 0 Å². The molecule has 0 bridgehead atoms. The maximum absolute atomic E-state index is 11.6. The van der Waals surface area contributed by atoms with Gasteiger partial charge in [-0.3, -0.25) is 9.59 Å². The summed E-state index contributed by atoms with van der Waals surface area (Å²) < 4.78 is 0. The van der Waals surface area contributed by atoms with Gasteiger partial charge in [-0.05, 0) is 36.5 Å². The highest BCUT2D eigenvalue weighted by atomic mass is 35.5. The third-order valence-corrected chi connectivity index (χ3v) is 2.64. The van der Waals surface area contributed by atoms with Crippen LogP contribution in [-0.4, -0.2) is 11.6 Å². The zero-order chi connectivity index (χ0) is 11.7. The minimum absolute atomic E-state index is 0.247. The zero-order valence-corrected chi connectivity index (χ0v) is 9.55. The van der Waals surface area contributed by atoms with Gasteiger partial charge in [0.1, 0.15) is 0 Å². The molecule has 0 aromatic rings. The number of hydrogen-bond donors (Lipinski definition) is 0. The van der Waals surface area contributed by atoms with E-state index in [-0.39, 0.29) is 22.7 Å². The van der Waals surface area contributed by atoms with Gasteiger partial charge in [0.2, 0.25) is 0 Å². The predicted molar refractivity (Wildman–Crippen MR) is 63.2 cm³/mol. The average Bonchev–Trinajstić information content (AvgIpc) is 2.25. The Morgan fingerprint density at radius 3 is 1.44 bits per heavy atom. The Morgan fingerprint density at radius 1 is 0.688 bits per heavy atom. The molecule has 0 unspecified atom stereocenters. The van der Waals surface area contributed by atoms with Crippen LogP contribution in [0, 0.1) is 0 Å². The lowest BCUT2D eigenvalue weighted by molar-refractivity contribution is -0.113. The molecule has 0 saturated heterocycles. The molecule has 0 amide bonds. The van der Waals surface area contributed by atoms with Crippen LogP contribution in [0.4, 0.5) is 0 Å². The highest BCUT2D eigenvalue weighted by molar-refractivity contribution is 6.35. The summed E-state index contributed by atoms with van der Waals surface area (Å²) in [7, 11) is 0. The van der Waals surface area contributed by atoms with Crippen molar-refractivity contribution < 1.29 is 9.59 Å². The number of carbonyl (C=O) groups is 2. The van der Waals surface area contributed by atoms with Crippen molar-refractivity contribution >= 4 is 34.8 Å². The molecule has 0 aromatic carbocycles. The summed E-state index contributed by atoms with van der Waals surface area (Å²) in [6.45, 7) is 0. The standard InChI is InChI=1S/C12H6Cl2O2/c13-7-1-3-11(15)9(5-7)10-6-8(14)2-4-12(10)16/h1-6H/b10-9-. The van der Waals surface area contributed by atoms with Crippen LogP contribution in [-0.2, 0) is 9.59 Å². The van der Waals surface area contributed by atoms with Crippen LogP contribution in [0.15, 0.2) is 57.7 Å². The number of rotatable bonds is 0. The van der Waals surface area contributed by atoms with Crippen molar-refractivity contribution in [2.24, 2.45) is 0 Å². The topological polar surface area (TPSA) is 34.1 Å². The van der Waals surface area contributed by atoms with E-state index in [4.69, 9.17) is 23.2 Å². The molecule has 0 saturated carbocycles. The monoisotopic (exact) mass is 252 g/mol. The van der Waals surface area contributed by atoms with Gasteiger partial charge in [-0.25, -0.2) is 0 Å². The summed E-state index contributed by atoms with van der Waals surface area (Å²) in [5.74, 6) is -0.493. The Kier molecular flexibility index (Phi) is 2.95. The van der Waals surface area contributed by atoms with E-state index in [0.29, 0.717) is 10.1 Å². The van der Waals surface area contributed by atoms with Crippen molar-refractivity contribution in [3.63, 3.8) is 0 Å². The second-order valence-electron chi connectivity index (χ2n) is 3.28. The summed E-state index contributed by atoms with van der Waals surface area (Å²) >= 11 is 11.6. The molecule has 0 radical (unpaired) electrons. The van der Waals surface area contributed by atoms with Crippen molar-refractivity contribution in [3.05, 3.63) is 57.7 Å². The molecular formula is C12H6Cl2O2. The summed E-state index contributed by atoms with van der Waals surface area (Å²) in [6, 6.07) is 0. The fourth-order valence-electron chi connectivity index (χ4n) is 1.43. The van der Waals surface area contributed by atoms with E-state index in [1.54, 1.807) is 0 Å². The second kappa shape index (κ2) is 4.24. The van der Waals surface area contributed by atoms with Crippen molar-refractivity contribution in [3.8, 4) is 0 Å². The van der Waals surface area contributed by atoms with Gasteiger partial charge in [-0.1, -0.05) is 23.2 Å². The molecule has 0 aromatic heterocycles. The third-order valence-electron chi connectivity index (χ3n) is 2.17. The normalized spacial score (nSPS) is 24.6. The molecule has 4 heteroatoms. The Labute approximate surface area is 102 Å². The second-order valence-corrected chi connectivity index (χ2v) is 4.15. The summed E-state index contributed by atoms with van der Waals surface area (Å²) in [5, 5.41) is 0.822. The molecule has 0 aliphatic heterocycles. The lowest BCUT2D eigenvalue weighted by atomic mass is 9.94. The predicted octanol–water partition coefficient (Wildman–Crippen LogP) is 2.81. The van der Waals surface area contributed by atoms with Gasteiger partial charge in [-0.2, -0.15) is 0 Å². The lowest BCUT2D eigenvalue weighted by Gasteiger charge is -2.10. The van der Waals surface area contributed by atoms with Gasteiger partial charge in [0.15, 0.2) is 11.6 Å². The first-order valence-electron chi connectivity index (χ1n) is 4.51. The zero-order valence-electron chi connectivity index (χ0n) is 8.04. The van der Waals surface area contributed by atoms with Crippen LogP contribution in [0.25, 0.3) is 0 Å². The van der Waals surface area contributed by atoms with Gasteiger partial charge in [0.05, 0.1) is 0 Å². The van der Waals surface area contributed by atoms with Gasteiger partial charge >= 0.3 is 0 Å².